The van der Waals surface area contributed by atoms with Crippen LogP contribution in [0.4, 0.5) is 0 Å². The lowest BCUT2D eigenvalue weighted by atomic mass is 9.85. The molecule has 3 amide bonds. The number of halogens is 1. The van der Waals surface area contributed by atoms with Gasteiger partial charge in [0, 0.05) is 32.6 Å². The molecule has 0 aromatic heterocycles. The molecule has 0 aromatic rings. The number of aliphatic hydroxyl groups is 7. The maximum absolute atomic E-state index is 12.2. The minimum atomic E-state index is -1.57. The molecule has 3 saturated heterocycles. The largest absolute Gasteiger partial charge is 0.394 e. The van der Waals surface area contributed by atoms with Crippen molar-refractivity contribution in [2.45, 2.75) is 100 Å². The summed E-state index contributed by atoms with van der Waals surface area (Å²) in [6.07, 6.45) is -11.7. The standard InChI is InChI=1S/C28H48BrN3O16/c1-11(36)30-21-19(46-18(6-35)25(40)26(21)41)9-44-8-15-17(5-34)45-20(22(27(15)48-29)31-12(2)37)10-43-7-14-16(4-33)47-28(42)23(24(14)39)32-13(3)38/h14-28,33-35,39-42H,4-10H2,1-3H3,(H,30,36)(H,31,37)(H,32,38)/t14-,15+,16?,17?,18?,19+,20+,21?,22?,23?,24+,25-,26-,27+,28-/m1/s1. The Kier molecular flexibility index (Phi) is 16.2. The molecule has 0 radical (unpaired) electrons. The van der Waals surface area contributed by atoms with Crippen molar-refractivity contribution < 1.29 is 77.6 Å². The zero-order chi connectivity index (χ0) is 35.7. The first-order valence-electron chi connectivity index (χ1n) is 15.5. The fraction of sp³-hybridized carbons (Fsp3) is 0.893. The highest BCUT2D eigenvalue weighted by molar-refractivity contribution is 9.06. The number of aliphatic hydroxyl groups excluding tert-OH is 7. The Balaban J connectivity index is 1.70. The Labute approximate surface area is 285 Å². The highest BCUT2D eigenvalue weighted by Crippen LogP contribution is 2.32. The van der Waals surface area contributed by atoms with E-state index in [1.54, 1.807) is 0 Å². The smallest absolute Gasteiger partial charge is 0.217 e. The number of hydrogen-bond acceptors (Lipinski definition) is 16. The maximum Gasteiger partial charge on any atom is 0.217 e. The molecule has 0 aromatic carbocycles. The Morgan fingerprint density at radius 2 is 1.04 bits per heavy atom. The fourth-order valence-corrected chi connectivity index (χ4v) is 6.85. The average Bonchev–Trinajstić information content (AvgIpc) is 3.03. The minimum Gasteiger partial charge on any atom is -0.394 e. The van der Waals surface area contributed by atoms with Crippen LogP contribution in [0, 0.1) is 11.8 Å². The number of hydrogen-bond donors (Lipinski definition) is 10. The Morgan fingerprint density at radius 3 is 1.56 bits per heavy atom. The lowest BCUT2D eigenvalue weighted by Gasteiger charge is -2.46. The molecule has 3 heterocycles. The summed E-state index contributed by atoms with van der Waals surface area (Å²) in [5, 5.41) is 79.2. The Hall–Kier alpha value is -1.63. The van der Waals surface area contributed by atoms with E-state index in [2.05, 4.69) is 32.2 Å². The molecule has 10 N–H and O–H groups in total. The van der Waals surface area contributed by atoms with Gasteiger partial charge in [0.25, 0.3) is 0 Å². The van der Waals surface area contributed by atoms with E-state index in [9.17, 15) is 50.1 Å². The van der Waals surface area contributed by atoms with E-state index in [0.29, 0.717) is 0 Å². The van der Waals surface area contributed by atoms with Crippen molar-refractivity contribution in [3.63, 3.8) is 0 Å². The third kappa shape index (κ3) is 10.2. The van der Waals surface area contributed by atoms with E-state index in [1.165, 1.54) is 20.8 Å². The van der Waals surface area contributed by atoms with Gasteiger partial charge in [-0.05, 0) is 0 Å². The number of amides is 3. The summed E-state index contributed by atoms with van der Waals surface area (Å²) in [6.45, 7) is 1.26. The second kappa shape index (κ2) is 19.1. The first kappa shape index (κ1) is 40.8. The van der Waals surface area contributed by atoms with E-state index in [0.717, 1.165) is 0 Å². The van der Waals surface area contributed by atoms with Crippen molar-refractivity contribution >= 4 is 34.0 Å². The number of carbonyl (C=O) groups excluding carboxylic acids is 3. The van der Waals surface area contributed by atoms with Gasteiger partial charge in [0.2, 0.25) is 17.7 Å². The third-order valence-corrected chi connectivity index (χ3v) is 9.13. The first-order chi connectivity index (χ1) is 22.8. The second-order valence-electron chi connectivity index (χ2n) is 12.1. The summed E-state index contributed by atoms with van der Waals surface area (Å²) >= 11 is 3.01. The SMILES string of the molecule is CC(=O)NC1[C@H](COC[C@H]2C(CO)O[C@@H](COC[C@@H]3C(CO)O[C@@H](O)C(NC(C)=O)[C@H]3O)C(NC(C)=O)[C@H]2OBr)OC(CO)[C@@H](O)[C@@H]1O. The van der Waals surface area contributed by atoms with Gasteiger partial charge in [-0.2, -0.15) is 0 Å². The summed E-state index contributed by atoms with van der Waals surface area (Å²) < 4.78 is 34.5. The average molecular weight is 763 g/mol. The molecule has 15 atom stereocenters. The van der Waals surface area contributed by atoms with Crippen LogP contribution in [0.3, 0.4) is 0 Å². The van der Waals surface area contributed by atoms with E-state index < -0.39 is 129 Å². The highest BCUT2D eigenvalue weighted by atomic mass is 79.9. The number of carbonyl (C=O) groups is 3. The third-order valence-electron chi connectivity index (χ3n) is 8.70. The van der Waals surface area contributed by atoms with Gasteiger partial charge in [-0.15, -0.1) is 0 Å². The van der Waals surface area contributed by atoms with Crippen molar-refractivity contribution in [2.75, 3.05) is 46.2 Å². The van der Waals surface area contributed by atoms with Gasteiger partial charge in [0.1, 0.15) is 42.7 Å². The first-order valence-corrected chi connectivity index (χ1v) is 16.2. The lowest BCUT2D eigenvalue weighted by molar-refractivity contribution is -0.248. The zero-order valence-corrected chi connectivity index (χ0v) is 28.4. The summed E-state index contributed by atoms with van der Waals surface area (Å²) in [6, 6.07) is -3.12. The molecule has 3 fully saturated rings. The molecule has 278 valence electrons. The molecule has 6 unspecified atom stereocenters. The number of rotatable bonds is 15. The number of nitrogens with one attached hydrogen (secondary N) is 3. The molecule has 19 nitrogen and oxygen atoms in total. The maximum atomic E-state index is 12.2. The van der Waals surface area contributed by atoms with E-state index in [4.69, 9.17) is 27.5 Å². The quantitative estimate of drug-likeness (QED) is 0.0746. The van der Waals surface area contributed by atoms with Crippen LogP contribution in [-0.2, 0) is 41.9 Å². The molecule has 0 aliphatic carbocycles. The van der Waals surface area contributed by atoms with E-state index >= 15 is 0 Å². The monoisotopic (exact) mass is 761 g/mol. The molecule has 3 aliphatic rings. The molecular formula is C28H48BrN3O16. The summed E-state index contributed by atoms with van der Waals surface area (Å²) in [5.41, 5.74) is 0. The van der Waals surface area contributed by atoms with Crippen LogP contribution in [-0.4, -0.2) is 179 Å². The normalized spacial score (nSPS) is 40.2. The van der Waals surface area contributed by atoms with E-state index in [-0.39, 0.29) is 26.4 Å². The molecule has 0 saturated carbocycles. The van der Waals surface area contributed by atoms with Crippen molar-refractivity contribution in [1.82, 2.24) is 16.0 Å². The topological polar surface area (TPSA) is 284 Å². The van der Waals surface area contributed by atoms with Crippen molar-refractivity contribution in [3.05, 3.63) is 0 Å². The Morgan fingerprint density at radius 1 is 0.583 bits per heavy atom. The van der Waals surface area contributed by atoms with Crippen LogP contribution in [0.2, 0.25) is 0 Å². The molecule has 0 bridgehead atoms. The summed E-state index contributed by atoms with van der Waals surface area (Å²) in [7, 11) is 0. The highest BCUT2D eigenvalue weighted by Gasteiger charge is 2.49. The molecular weight excluding hydrogens is 714 g/mol. The van der Waals surface area contributed by atoms with Gasteiger partial charge in [0.15, 0.2) is 6.29 Å². The van der Waals surface area contributed by atoms with Gasteiger partial charge >= 0.3 is 0 Å². The molecule has 48 heavy (non-hydrogen) atoms. The fourth-order valence-electron chi connectivity index (χ4n) is 6.34. The van der Waals surface area contributed by atoms with Crippen LogP contribution in [0.1, 0.15) is 20.8 Å². The van der Waals surface area contributed by atoms with Gasteiger partial charge < -0.3 is 79.2 Å². The number of ether oxygens (including phenoxy) is 5. The van der Waals surface area contributed by atoms with Crippen LogP contribution in [0.5, 0.6) is 0 Å². The predicted molar refractivity (Wildman–Crippen MR) is 163 cm³/mol. The van der Waals surface area contributed by atoms with Gasteiger partial charge in [-0.25, -0.2) is 0 Å². The van der Waals surface area contributed by atoms with Crippen LogP contribution < -0.4 is 16.0 Å². The van der Waals surface area contributed by atoms with Gasteiger partial charge in [0.05, 0.1) is 92.9 Å². The minimum absolute atomic E-state index is 0.142. The Bertz CT molecular complexity index is 1050. The second-order valence-corrected chi connectivity index (χ2v) is 12.5. The zero-order valence-electron chi connectivity index (χ0n) is 26.8. The lowest BCUT2D eigenvalue weighted by Crippen LogP contribution is -2.65. The summed E-state index contributed by atoms with van der Waals surface area (Å²) in [5.74, 6) is -3.06. The van der Waals surface area contributed by atoms with Crippen molar-refractivity contribution in [1.29, 1.82) is 0 Å². The molecule has 20 heteroatoms. The van der Waals surface area contributed by atoms with Crippen LogP contribution >= 0.6 is 16.3 Å². The van der Waals surface area contributed by atoms with Crippen LogP contribution in [0.15, 0.2) is 0 Å². The van der Waals surface area contributed by atoms with Gasteiger partial charge in [-0.3, -0.25) is 14.4 Å². The van der Waals surface area contributed by atoms with E-state index in [1.807, 2.05) is 0 Å². The van der Waals surface area contributed by atoms with Crippen LogP contribution in [0.25, 0.3) is 0 Å². The van der Waals surface area contributed by atoms with Gasteiger partial charge in [-0.1, -0.05) is 0 Å². The predicted octanol–water partition coefficient (Wildman–Crippen LogP) is -5.23. The summed E-state index contributed by atoms with van der Waals surface area (Å²) in [4.78, 5) is 35.6. The molecule has 3 aliphatic heterocycles. The van der Waals surface area contributed by atoms with Crippen molar-refractivity contribution in [2.24, 2.45) is 11.8 Å². The molecule has 0 spiro atoms. The van der Waals surface area contributed by atoms with Crippen molar-refractivity contribution in [3.8, 4) is 0 Å². The molecule has 3 rings (SSSR count).